The minimum atomic E-state index is -0.255. The van der Waals surface area contributed by atoms with Gasteiger partial charge in [-0.2, -0.15) is 0 Å². The van der Waals surface area contributed by atoms with Crippen molar-refractivity contribution in [2.24, 2.45) is 0 Å². The second kappa shape index (κ2) is 4.89. The number of anilines is 3. The van der Waals surface area contributed by atoms with Gasteiger partial charge in [-0.15, -0.1) is 0 Å². The fourth-order valence-corrected chi connectivity index (χ4v) is 2.27. The molecular formula is C13H17N5O. The van der Waals surface area contributed by atoms with Gasteiger partial charge in [0.2, 0.25) is 0 Å². The number of rotatable bonds is 3. The summed E-state index contributed by atoms with van der Waals surface area (Å²) >= 11 is 0. The Bertz CT molecular complexity index is 554. The zero-order valence-corrected chi connectivity index (χ0v) is 10.8. The van der Waals surface area contributed by atoms with E-state index in [1.54, 1.807) is 0 Å². The molecule has 100 valence electrons. The van der Waals surface area contributed by atoms with Crippen LogP contribution in [0.15, 0.2) is 24.4 Å². The SMILES string of the molecule is Cc1nc(Nc2ccc[nH]2)cc(N2CCC(O)C2)n1. The Kier molecular flexibility index (Phi) is 3.08. The van der Waals surface area contributed by atoms with Crippen LogP contribution in [0.1, 0.15) is 12.2 Å². The van der Waals surface area contributed by atoms with E-state index in [1.807, 2.05) is 31.3 Å². The molecule has 19 heavy (non-hydrogen) atoms. The average Bonchev–Trinajstić information content (AvgIpc) is 3.00. The van der Waals surface area contributed by atoms with Gasteiger partial charge >= 0.3 is 0 Å². The molecule has 1 aliphatic heterocycles. The van der Waals surface area contributed by atoms with E-state index in [1.165, 1.54) is 0 Å². The number of β-amino-alcohol motifs (C(OH)–C–C–N with tert-alkyl or cyclic N) is 1. The maximum Gasteiger partial charge on any atom is 0.137 e. The molecule has 1 saturated heterocycles. The Balaban J connectivity index is 1.83. The zero-order chi connectivity index (χ0) is 13.2. The van der Waals surface area contributed by atoms with Crippen LogP contribution < -0.4 is 10.2 Å². The number of H-pyrrole nitrogens is 1. The quantitative estimate of drug-likeness (QED) is 0.777. The van der Waals surface area contributed by atoms with E-state index in [9.17, 15) is 5.11 Å². The Morgan fingerprint density at radius 1 is 1.47 bits per heavy atom. The number of nitrogens with one attached hydrogen (secondary N) is 2. The topological polar surface area (TPSA) is 77.1 Å². The number of aliphatic hydroxyl groups is 1. The first kappa shape index (κ1) is 12.0. The minimum Gasteiger partial charge on any atom is -0.391 e. The summed E-state index contributed by atoms with van der Waals surface area (Å²) in [6.07, 6.45) is 2.39. The van der Waals surface area contributed by atoms with Gasteiger partial charge in [-0.1, -0.05) is 0 Å². The zero-order valence-electron chi connectivity index (χ0n) is 10.8. The summed E-state index contributed by atoms with van der Waals surface area (Å²) in [5.41, 5.74) is 0. The van der Waals surface area contributed by atoms with Crippen LogP contribution >= 0.6 is 0 Å². The molecule has 3 N–H and O–H groups in total. The van der Waals surface area contributed by atoms with Crippen molar-refractivity contribution in [2.75, 3.05) is 23.3 Å². The first-order valence-corrected chi connectivity index (χ1v) is 6.40. The summed E-state index contributed by atoms with van der Waals surface area (Å²) in [6.45, 7) is 3.34. The van der Waals surface area contributed by atoms with Crippen LogP contribution in [0.4, 0.5) is 17.5 Å². The van der Waals surface area contributed by atoms with Crippen molar-refractivity contribution in [1.82, 2.24) is 15.0 Å². The fourth-order valence-electron chi connectivity index (χ4n) is 2.27. The molecule has 0 aliphatic carbocycles. The van der Waals surface area contributed by atoms with Gasteiger partial charge in [-0.3, -0.25) is 0 Å². The summed E-state index contributed by atoms with van der Waals surface area (Å²) in [5.74, 6) is 3.22. The minimum absolute atomic E-state index is 0.255. The third-order valence-electron chi connectivity index (χ3n) is 3.17. The van der Waals surface area contributed by atoms with E-state index in [0.717, 1.165) is 30.4 Å². The summed E-state index contributed by atoms with van der Waals surface area (Å²) in [4.78, 5) is 14.0. The van der Waals surface area contributed by atoms with Crippen molar-refractivity contribution in [1.29, 1.82) is 0 Å². The predicted octanol–water partition coefficient (Wildman–Crippen LogP) is 1.43. The Hall–Kier alpha value is -2.08. The smallest absolute Gasteiger partial charge is 0.137 e. The first-order valence-electron chi connectivity index (χ1n) is 6.40. The molecule has 2 aromatic rings. The predicted molar refractivity (Wildman–Crippen MR) is 73.7 cm³/mol. The van der Waals surface area contributed by atoms with Crippen molar-refractivity contribution in [3.05, 3.63) is 30.2 Å². The summed E-state index contributed by atoms with van der Waals surface area (Å²) in [7, 11) is 0. The highest BCUT2D eigenvalue weighted by Gasteiger charge is 2.22. The largest absolute Gasteiger partial charge is 0.391 e. The Morgan fingerprint density at radius 2 is 2.37 bits per heavy atom. The number of aromatic nitrogens is 3. The Morgan fingerprint density at radius 3 is 3.05 bits per heavy atom. The molecule has 3 rings (SSSR count). The monoisotopic (exact) mass is 259 g/mol. The van der Waals surface area contributed by atoms with Gasteiger partial charge < -0.3 is 20.3 Å². The maximum absolute atomic E-state index is 9.60. The van der Waals surface area contributed by atoms with E-state index >= 15 is 0 Å². The normalized spacial score (nSPS) is 18.8. The Labute approximate surface area is 111 Å². The number of aryl methyl sites for hydroxylation is 1. The summed E-state index contributed by atoms with van der Waals surface area (Å²) < 4.78 is 0. The van der Waals surface area contributed by atoms with Gasteiger partial charge in [0.1, 0.15) is 23.3 Å². The van der Waals surface area contributed by atoms with Gasteiger partial charge in [-0.25, -0.2) is 9.97 Å². The van der Waals surface area contributed by atoms with Crippen molar-refractivity contribution >= 4 is 17.5 Å². The van der Waals surface area contributed by atoms with Crippen LogP contribution in [0.3, 0.4) is 0 Å². The lowest BCUT2D eigenvalue weighted by Gasteiger charge is -2.17. The first-order chi connectivity index (χ1) is 9.20. The molecule has 0 amide bonds. The van der Waals surface area contributed by atoms with Gasteiger partial charge in [0.05, 0.1) is 6.10 Å². The molecule has 1 aliphatic rings. The molecule has 6 nitrogen and oxygen atoms in total. The van der Waals surface area contributed by atoms with Gasteiger partial charge in [-0.05, 0) is 25.5 Å². The lowest BCUT2D eigenvalue weighted by atomic mass is 10.3. The number of aromatic amines is 1. The van der Waals surface area contributed by atoms with Crippen LogP contribution in [0.5, 0.6) is 0 Å². The number of hydrogen-bond acceptors (Lipinski definition) is 5. The van der Waals surface area contributed by atoms with E-state index < -0.39 is 0 Å². The highest BCUT2D eigenvalue weighted by atomic mass is 16.3. The molecular weight excluding hydrogens is 242 g/mol. The second-order valence-corrected chi connectivity index (χ2v) is 4.76. The number of aliphatic hydroxyl groups excluding tert-OH is 1. The van der Waals surface area contributed by atoms with E-state index in [2.05, 4.69) is 25.2 Å². The van der Waals surface area contributed by atoms with Crippen molar-refractivity contribution in [3.63, 3.8) is 0 Å². The van der Waals surface area contributed by atoms with Gasteiger partial charge in [0.25, 0.3) is 0 Å². The third-order valence-corrected chi connectivity index (χ3v) is 3.17. The molecule has 0 spiro atoms. The van der Waals surface area contributed by atoms with Crippen molar-refractivity contribution in [3.8, 4) is 0 Å². The van der Waals surface area contributed by atoms with E-state index in [0.29, 0.717) is 12.4 Å². The van der Waals surface area contributed by atoms with Crippen molar-refractivity contribution in [2.45, 2.75) is 19.4 Å². The summed E-state index contributed by atoms with van der Waals surface area (Å²) in [5, 5.41) is 12.8. The molecule has 3 heterocycles. The van der Waals surface area contributed by atoms with Crippen LogP contribution in [0.2, 0.25) is 0 Å². The van der Waals surface area contributed by atoms with Crippen molar-refractivity contribution < 1.29 is 5.11 Å². The van der Waals surface area contributed by atoms with Gasteiger partial charge in [0, 0.05) is 25.4 Å². The molecule has 1 atom stereocenters. The van der Waals surface area contributed by atoms with Gasteiger partial charge in [0.15, 0.2) is 0 Å². The lowest BCUT2D eigenvalue weighted by Crippen LogP contribution is -2.22. The maximum atomic E-state index is 9.60. The summed E-state index contributed by atoms with van der Waals surface area (Å²) in [6, 6.07) is 5.77. The standard InChI is InChI=1S/C13H17N5O/c1-9-15-12(17-11-3-2-5-14-11)7-13(16-9)18-6-4-10(19)8-18/h2-3,5,7,10,14,19H,4,6,8H2,1H3,(H,15,16,17). The molecule has 0 saturated carbocycles. The number of hydrogen-bond donors (Lipinski definition) is 3. The van der Waals surface area contributed by atoms with E-state index in [4.69, 9.17) is 0 Å². The number of nitrogens with zero attached hydrogens (tertiary/aromatic N) is 3. The lowest BCUT2D eigenvalue weighted by molar-refractivity contribution is 0.198. The molecule has 0 bridgehead atoms. The fraction of sp³-hybridized carbons (Fsp3) is 0.385. The second-order valence-electron chi connectivity index (χ2n) is 4.76. The third kappa shape index (κ3) is 2.68. The van der Waals surface area contributed by atoms with Crippen LogP contribution in [0, 0.1) is 6.92 Å². The highest BCUT2D eigenvalue weighted by molar-refractivity contribution is 5.57. The van der Waals surface area contributed by atoms with Crippen LogP contribution in [-0.2, 0) is 0 Å². The molecule has 0 radical (unpaired) electrons. The van der Waals surface area contributed by atoms with Crippen LogP contribution in [-0.4, -0.2) is 39.3 Å². The highest BCUT2D eigenvalue weighted by Crippen LogP contribution is 2.22. The molecule has 2 aromatic heterocycles. The van der Waals surface area contributed by atoms with E-state index in [-0.39, 0.29) is 6.10 Å². The molecule has 1 unspecified atom stereocenters. The van der Waals surface area contributed by atoms with Crippen LogP contribution in [0.25, 0.3) is 0 Å². The molecule has 0 aromatic carbocycles. The molecule has 1 fully saturated rings. The average molecular weight is 259 g/mol. The molecule has 6 heteroatoms.